The minimum absolute atomic E-state index is 0.202. The van der Waals surface area contributed by atoms with Crippen molar-refractivity contribution in [3.63, 3.8) is 0 Å². The van der Waals surface area contributed by atoms with Crippen molar-refractivity contribution in [3.05, 3.63) is 35.1 Å². The number of aryl methyl sites for hydroxylation is 1. The number of carbonyl (C=O) groups is 1. The molecule has 4 heteroatoms. The fourth-order valence-corrected chi connectivity index (χ4v) is 2.20. The molecule has 98 valence electrons. The van der Waals surface area contributed by atoms with Crippen LogP contribution in [0.5, 0.6) is 0 Å². The molecule has 1 aliphatic rings. The van der Waals surface area contributed by atoms with Crippen molar-refractivity contribution < 1.29 is 9.18 Å². The zero-order chi connectivity index (χ0) is 13.0. The third kappa shape index (κ3) is 3.29. The lowest BCUT2D eigenvalue weighted by atomic mass is 10.1. The number of benzene rings is 1. The Bertz CT molecular complexity index is 428. The van der Waals surface area contributed by atoms with Crippen LogP contribution in [0, 0.1) is 12.7 Å². The van der Waals surface area contributed by atoms with Gasteiger partial charge in [-0.2, -0.15) is 0 Å². The van der Waals surface area contributed by atoms with Crippen LogP contribution in [-0.2, 0) is 0 Å². The van der Waals surface area contributed by atoms with E-state index in [1.165, 1.54) is 18.9 Å². The smallest absolute Gasteiger partial charge is 0.251 e. The minimum atomic E-state index is -0.333. The molecule has 3 nitrogen and oxygen atoms in total. The first kappa shape index (κ1) is 13.0. The molecule has 0 spiro atoms. The Morgan fingerprint density at radius 2 is 2.39 bits per heavy atom. The van der Waals surface area contributed by atoms with Crippen LogP contribution in [-0.4, -0.2) is 25.0 Å². The largest absolute Gasteiger partial charge is 0.352 e. The minimum Gasteiger partial charge on any atom is -0.352 e. The van der Waals surface area contributed by atoms with Crippen LogP contribution in [0.25, 0.3) is 0 Å². The topological polar surface area (TPSA) is 41.1 Å². The zero-order valence-corrected chi connectivity index (χ0v) is 10.6. The normalized spacial score (nSPS) is 18.9. The SMILES string of the molecule is Cc1ccc(C(=O)NCC[C@@H]2CCCN2)cc1F. The van der Waals surface area contributed by atoms with Crippen LogP contribution in [0.3, 0.4) is 0 Å². The van der Waals surface area contributed by atoms with Crippen LogP contribution in [0.4, 0.5) is 4.39 Å². The number of hydrogen-bond acceptors (Lipinski definition) is 2. The van der Waals surface area contributed by atoms with E-state index in [2.05, 4.69) is 10.6 Å². The lowest BCUT2D eigenvalue weighted by Crippen LogP contribution is -2.30. The van der Waals surface area contributed by atoms with Crippen LogP contribution >= 0.6 is 0 Å². The Hall–Kier alpha value is -1.42. The summed E-state index contributed by atoms with van der Waals surface area (Å²) in [6.45, 7) is 3.39. The van der Waals surface area contributed by atoms with Crippen molar-refractivity contribution >= 4 is 5.91 Å². The number of carbonyl (C=O) groups excluding carboxylic acids is 1. The second kappa shape index (κ2) is 5.96. The van der Waals surface area contributed by atoms with E-state index in [1.54, 1.807) is 19.1 Å². The molecule has 0 unspecified atom stereocenters. The lowest BCUT2D eigenvalue weighted by molar-refractivity contribution is 0.0952. The predicted molar refractivity (Wildman–Crippen MR) is 69.1 cm³/mol. The average molecular weight is 250 g/mol. The first-order valence-electron chi connectivity index (χ1n) is 6.44. The van der Waals surface area contributed by atoms with E-state index in [4.69, 9.17) is 0 Å². The monoisotopic (exact) mass is 250 g/mol. The molecule has 1 aliphatic heterocycles. The van der Waals surface area contributed by atoms with E-state index in [-0.39, 0.29) is 11.7 Å². The van der Waals surface area contributed by atoms with Crippen LogP contribution < -0.4 is 10.6 Å². The molecule has 0 aliphatic carbocycles. The van der Waals surface area contributed by atoms with Crippen molar-refractivity contribution in [3.8, 4) is 0 Å². The molecular weight excluding hydrogens is 231 g/mol. The average Bonchev–Trinajstić information content (AvgIpc) is 2.85. The quantitative estimate of drug-likeness (QED) is 0.858. The second-order valence-electron chi connectivity index (χ2n) is 4.80. The van der Waals surface area contributed by atoms with Gasteiger partial charge in [-0.15, -0.1) is 0 Å². The Balaban J connectivity index is 1.81. The van der Waals surface area contributed by atoms with Crippen molar-refractivity contribution in [2.75, 3.05) is 13.1 Å². The van der Waals surface area contributed by atoms with Gasteiger partial charge in [-0.05, 0) is 50.4 Å². The molecule has 0 radical (unpaired) electrons. The highest BCUT2D eigenvalue weighted by Crippen LogP contribution is 2.10. The standard InChI is InChI=1S/C14H19FN2O/c1-10-4-5-11(9-13(10)15)14(18)17-8-6-12-3-2-7-16-12/h4-5,9,12,16H,2-3,6-8H2,1H3,(H,17,18)/t12-/m0/s1. The van der Waals surface area contributed by atoms with E-state index in [0.717, 1.165) is 13.0 Å². The molecule has 2 rings (SSSR count). The maximum atomic E-state index is 13.3. The van der Waals surface area contributed by atoms with Gasteiger partial charge in [0.05, 0.1) is 0 Å². The van der Waals surface area contributed by atoms with E-state index < -0.39 is 0 Å². The third-order valence-electron chi connectivity index (χ3n) is 3.37. The molecule has 1 aromatic carbocycles. The molecule has 0 bridgehead atoms. The first-order chi connectivity index (χ1) is 8.66. The Morgan fingerprint density at radius 1 is 1.56 bits per heavy atom. The van der Waals surface area contributed by atoms with Crippen LogP contribution in [0.2, 0.25) is 0 Å². The number of rotatable bonds is 4. The van der Waals surface area contributed by atoms with Crippen molar-refractivity contribution in [2.45, 2.75) is 32.2 Å². The van der Waals surface area contributed by atoms with Crippen LogP contribution in [0.1, 0.15) is 35.2 Å². The fourth-order valence-electron chi connectivity index (χ4n) is 2.20. The van der Waals surface area contributed by atoms with Gasteiger partial charge in [-0.25, -0.2) is 4.39 Å². The van der Waals surface area contributed by atoms with E-state index >= 15 is 0 Å². The van der Waals surface area contributed by atoms with Gasteiger partial charge in [0.15, 0.2) is 0 Å². The van der Waals surface area contributed by atoms with E-state index in [1.807, 2.05) is 0 Å². The summed E-state index contributed by atoms with van der Waals surface area (Å²) in [4.78, 5) is 11.8. The highest BCUT2D eigenvalue weighted by molar-refractivity contribution is 5.94. The number of halogens is 1. The van der Waals surface area contributed by atoms with Crippen molar-refractivity contribution in [2.24, 2.45) is 0 Å². The van der Waals surface area contributed by atoms with Crippen LogP contribution in [0.15, 0.2) is 18.2 Å². The molecule has 1 amide bonds. The summed E-state index contributed by atoms with van der Waals surface area (Å²) < 4.78 is 13.3. The Kier molecular flexibility index (Phi) is 4.31. The fraction of sp³-hybridized carbons (Fsp3) is 0.500. The first-order valence-corrected chi connectivity index (χ1v) is 6.44. The Labute approximate surface area is 107 Å². The summed E-state index contributed by atoms with van der Waals surface area (Å²) in [5.41, 5.74) is 0.944. The highest BCUT2D eigenvalue weighted by Gasteiger charge is 2.14. The summed E-state index contributed by atoms with van der Waals surface area (Å²) in [5.74, 6) is -0.535. The van der Waals surface area contributed by atoms with Crippen molar-refractivity contribution in [1.29, 1.82) is 0 Å². The summed E-state index contributed by atoms with van der Waals surface area (Å²) in [6.07, 6.45) is 3.32. The number of hydrogen-bond donors (Lipinski definition) is 2. The van der Waals surface area contributed by atoms with Gasteiger partial charge < -0.3 is 10.6 Å². The molecular formula is C14H19FN2O. The summed E-state index contributed by atoms with van der Waals surface area (Å²) >= 11 is 0. The molecule has 1 fully saturated rings. The molecule has 0 aromatic heterocycles. The molecule has 1 aromatic rings. The van der Waals surface area contributed by atoms with Crippen molar-refractivity contribution in [1.82, 2.24) is 10.6 Å². The summed E-state index contributed by atoms with van der Waals surface area (Å²) in [6, 6.07) is 5.09. The van der Waals surface area contributed by atoms with Gasteiger partial charge in [0.2, 0.25) is 0 Å². The molecule has 18 heavy (non-hydrogen) atoms. The maximum Gasteiger partial charge on any atom is 0.251 e. The van der Waals surface area contributed by atoms with E-state index in [9.17, 15) is 9.18 Å². The molecule has 0 saturated carbocycles. The lowest BCUT2D eigenvalue weighted by Gasteiger charge is -2.11. The third-order valence-corrected chi connectivity index (χ3v) is 3.37. The highest BCUT2D eigenvalue weighted by atomic mass is 19.1. The number of amides is 1. The van der Waals surface area contributed by atoms with E-state index in [0.29, 0.717) is 23.7 Å². The summed E-state index contributed by atoms with van der Waals surface area (Å²) in [5, 5.41) is 6.20. The summed E-state index contributed by atoms with van der Waals surface area (Å²) in [7, 11) is 0. The van der Waals surface area contributed by atoms with Gasteiger partial charge in [-0.1, -0.05) is 6.07 Å². The van der Waals surface area contributed by atoms with Gasteiger partial charge in [0.1, 0.15) is 5.82 Å². The number of nitrogens with one attached hydrogen (secondary N) is 2. The molecule has 1 saturated heterocycles. The molecule has 1 atom stereocenters. The van der Waals surface area contributed by atoms with Gasteiger partial charge >= 0.3 is 0 Å². The van der Waals surface area contributed by atoms with Gasteiger partial charge in [0.25, 0.3) is 5.91 Å². The molecule has 2 N–H and O–H groups in total. The molecule has 1 heterocycles. The maximum absolute atomic E-state index is 13.3. The zero-order valence-electron chi connectivity index (χ0n) is 10.6. The van der Waals surface area contributed by atoms with Gasteiger partial charge in [0, 0.05) is 18.2 Å². The Morgan fingerprint density at radius 3 is 3.06 bits per heavy atom. The second-order valence-corrected chi connectivity index (χ2v) is 4.80. The van der Waals surface area contributed by atoms with Gasteiger partial charge in [-0.3, -0.25) is 4.79 Å². The predicted octanol–water partition coefficient (Wildman–Crippen LogP) is 2.01.